The molecule has 0 saturated carbocycles. The predicted molar refractivity (Wildman–Crippen MR) is 172 cm³/mol. The first kappa shape index (κ1) is 33.4. The molecule has 0 bridgehead atoms. The first-order chi connectivity index (χ1) is 24.8. The van der Waals surface area contributed by atoms with Crippen LogP contribution in [0.5, 0.6) is 0 Å². The van der Waals surface area contributed by atoms with E-state index in [1.165, 1.54) is 30.3 Å². The summed E-state index contributed by atoms with van der Waals surface area (Å²) in [5.41, 5.74) is 1.88. The number of hydrogen-bond acceptors (Lipinski definition) is 10. The number of halogens is 3. The number of likely N-dealkylation sites (tertiary alicyclic amines) is 2. The molecule has 6 heterocycles. The standard InChI is InChI=1S/C17H15F2N5O2.C17H16FN5O2/c18-12-4-3-10(8-13(12)19)17(25)24-7-1-2-11(9-24)15-21-16(26-23-15)14-5-6-20-22-14;18-13-5-3-11(4-6-13)17(24)23-9-1-2-12(10-23)15-20-16(25-22-15)14-7-8-19-21-14/h3-6,8,11H,1-2,7,9H2,(H,20,22);3-8,12H,1-2,9-10H2,(H,19,21). The fraction of sp³-hybridized carbons (Fsp3) is 0.294. The zero-order valence-electron chi connectivity index (χ0n) is 27.0. The van der Waals surface area contributed by atoms with Gasteiger partial charge in [0.25, 0.3) is 23.6 Å². The van der Waals surface area contributed by atoms with E-state index < -0.39 is 11.6 Å². The van der Waals surface area contributed by atoms with E-state index >= 15 is 0 Å². The van der Waals surface area contributed by atoms with Crippen LogP contribution >= 0.6 is 0 Å². The van der Waals surface area contributed by atoms with Crippen molar-refractivity contribution < 1.29 is 31.8 Å². The Bertz CT molecular complexity index is 2080. The monoisotopic (exact) mass is 700 g/mol. The molecule has 2 aliphatic heterocycles. The summed E-state index contributed by atoms with van der Waals surface area (Å²) >= 11 is 0. The number of hydrogen-bond donors (Lipinski definition) is 2. The molecular formula is C34H31F3N10O4. The molecule has 8 rings (SSSR count). The third kappa shape index (κ3) is 7.56. The van der Waals surface area contributed by atoms with Crippen molar-refractivity contribution in [3.63, 3.8) is 0 Å². The largest absolute Gasteiger partial charge is 0.338 e. The summed E-state index contributed by atoms with van der Waals surface area (Å²) in [5, 5.41) is 21.3. The molecule has 2 aliphatic rings. The zero-order chi connectivity index (χ0) is 35.3. The molecule has 0 aliphatic carbocycles. The van der Waals surface area contributed by atoms with Crippen LogP contribution in [-0.4, -0.2) is 88.5 Å². The van der Waals surface area contributed by atoms with E-state index in [1.807, 2.05) is 0 Å². The number of carbonyl (C=O) groups is 2. The Kier molecular flexibility index (Phi) is 9.67. The Hall–Kier alpha value is -6.13. The quantitative estimate of drug-likeness (QED) is 0.230. The summed E-state index contributed by atoms with van der Waals surface area (Å²) in [6, 6.07) is 12.2. The van der Waals surface area contributed by atoms with Crippen molar-refractivity contribution in [2.24, 2.45) is 0 Å². The molecular weight excluding hydrogens is 669 g/mol. The number of benzene rings is 2. The third-order valence-corrected chi connectivity index (χ3v) is 8.75. The number of aromatic amines is 2. The lowest BCUT2D eigenvalue weighted by atomic mass is 9.96. The van der Waals surface area contributed by atoms with Gasteiger partial charge in [0, 0.05) is 61.5 Å². The topological polar surface area (TPSA) is 176 Å². The lowest BCUT2D eigenvalue weighted by Gasteiger charge is -2.31. The molecule has 262 valence electrons. The molecule has 2 aromatic carbocycles. The van der Waals surface area contributed by atoms with E-state index in [1.54, 1.807) is 34.3 Å². The highest BCUT2D eigenvalue weighted by Crippen LogP contribution is 2.29. The van der Waals surface area contributed by atoms with Gasteiger partial charge in [0.15, 0.2) is 23.3 Å². The number of amides is 2. The molecule has 2 saturated heterocycles. The number of H-pyrrole nitrogens is 2. The van der Waals surface area contributed by atoms with Crippen molar-refractivity contribution in [3.05, 3.63) is 107 Å². The van der Waals surface area contributed by atoms with Gasteiger partial charge in [0.2, 0.25) is 0 Å². The Labute approximate surface area is 288 Å². The highest BCUT2D eigenvalue weighted by Gasteiger charge is 2.30. The minimum Gasteiger partial charge on any atom is -0.338 e. The average Bonchev–Trinajstić information content (AvgIpc) is 4.01. The van der Waals surface area contributed by atoms with Crippen LogP contribution < -0.4 is 0 Å². The SMILES string of the molecule is O=C(c1ccc(F)c(F)c1)N1CCCC(c2noc(-c3ccn[nH]3)n2)C1.O=C(c1ccc(F)cc1)N1CCCC(c2noc(-c3ccn[nH]3)n2)C1. The van der Waals surface area contributed by atoms with Crippen LogP contribution in [0.3, 0.4) is 0 Å². The third-order valence-electron chi connectivity index (χ3n) is 8.75. The zero-order valence-corrected chi connectivity index (χ0v) is 27.0. The summed E-state index contributed by atoms with van der Waals surface area (Å²) in [5.74, 6) is -1.08. The second-order valence-electron chi connectivity index (χ2n) is 12.2. The lowest BCUT2D eigenvalue weighted by Crippen LogP contribution is -2.39. The van der Waals surface area contributed by atoms with E-state index in [0.29, 0.717) is 66.6 Å². The van der Waals surface area contributed by atoms with Crippen LogP contribution in [0.15, 0.2) is 76.0 Å². The Balaban J connectivity index is 0.000000159. The van der Waals surface area contributed by atoms with Gasteiger partial charge in [0.05, 0.1) is 0 Å². The van der Waals surface area contributed by atoms with Crippen LogP contribution in [0.4, 0.5) is 13.2 Å². The van der Waals surface area contributed by atoms with E-state index in [-0.39, 0.29) is 35.0 Å². The number of carbonyl (C=O) groups excluding carboxylic acids is 2. The van der Waals surface area contributed by atoms with Crippen LogP contribution in [0, 0.1) is 17.5 Å². The van der Waals surface area contributed by atoms with Crippen LogP contribution in [0.1, 0.15) is 69.9 Å². The molecule has 0 spiro atoms. The normalized spacial score (nSPS) is 17.5. The van der Waals surface area contributed by atoms with E-state index in [0.717, 1.165) is 37.8 Å². The van der Waals surface area contributed by atoms with Crippen molar-refractivity contribution in [1.29, 1.82) is 0 Å². The van der Waals surface area contributed by atoms with Crippen molar-refractivity contribution >= 4 is 11.8 Å². The second-order valence-corrected chi connectivity index (χ2v) is 12.2. The van der Waals surface area contributed by atoms with Crippen molar-refractivity contribution in [2.45, 2.75) is 37.5 Å². The maximum Gasteiger partial charge on any atom is 0.275 e. The highest BCUT2D eigenvalue weighted by atomic mass is 19.2. The molecule has 6 aromatic rings. The number of aromatic nitrogens is 8. The van der Waals surface area contributed by atoms with Gasteiger partial charge >= 0.3 is 0 Å². The van der Waals surface area contributed by atoms with Gasteiger partial charge in [-0.05, 0) is 80.3 Å². The fourth-order valence-electron chi connectivity index (χ4n) is 6.10. The minimum atomic E-state index is -1.04. The molecule has 2 amide bonds. The molecule has 0 radical (unpaired) electrons. The van der Waals surface area contributed by atoms with Crippen LogP contribution in [-0.2, 0) is 0 Å². The summed E-state index contributed by atoms with van der Waals surface area (Å²) in [6.45, 7) is 2.11. The predicted octanol–water partition coefficient (Wildman–Crippen LogP) is 5.38. The van der Waals surface area contributed by atoms with E-state index in [9.17, 15) is 22.8 Å². The van der Waals surface area contributed by atoms with E-state index in [4.69, 9.17) is 9.05 Å². The van der Waals surface area contributed by atoms with Crippen LogP contribution in [0.2, 0.25) is 0 Å². The number of piperidine rings is 2. The summed E-state index contributed by atoms with van der Waals surface area (Å²) in [4.78, 5) is 37.3. The average molecular weight is 701 g/mol. The Morgan fingerprint density at radius 2 is 1.18 bits per heavy atom. The smallest absolute Gasteiger partial charge is 0.275 e. The van der Waals surface area contributed by atoms with Gasteiger partial charge in [-0.25, -0.2) is 13.2 Å². The first-order valence-electron chi connectivity index (χ1n) is 16.3. The Morgan fingerprint density at radius 1 is 0.667 bits per heavy atom. The number of nitrogens with one attached hydrogen (secondary N) is 2. The van der Waals surface area contributed by atoms with Crippen molar-refractivity contribution in [2.75, 3.05) is 26.2 Å². The first-order valence-corrected chi connectivity index (χ1v) is 16.3. The molecule has 4 aromatic heterocycles. The van der Waals surface area contributed by atoms with Gasteiger partial charge in [-0.1, -0.05) is 10.3 Å². The number of rotatable bonds is 6. The number of nitrogens with zero attached hydrogens (tertiary/aromatic N) is 8. The molecule has 17 heteroatoms. The summed E-state index contributed by atoms with van der Waals surface area (Å²) < 4.78 is 50.0. The van der Waals surface area contributed by atoms with E-state index in [2.05, 4.69) is 40.7 Å². The van der Waals surface area contributed by atoms with Gasteiger partial charge in [-0.3, -0.25) is 19.8 Å². The molecule has 14 nitrogen and oxygen atoms in total. The molecule has 2 N–H and O–H groups in total. The van der Waals surface area contributed by atoms with Gasteiger partial charge < -0.3 is 18.8 Å². The lowest BCUT2D eigenvalue weighted by molar-refractivity contribution is 0.0696. The fourth-order valence-corrected chi connectivity index (χ4v) is 6.10. The summed E-state index contributed by atoms with van der Waals surface area (Å²) in [7, 11) is 0. The minimum absolute atomic E-state index is 0.0126. The molecule has 2 atom stereocenters. The maximum atomic E-state index is 13.4. The van der Waals surface area contributed by atoms with Gasteiger partial charge in [-0.15, -0.1) is 0 Å². The van der Waals surface area contributed by atoms with Gasteiger partial charge in [-0.2, -0.15) is 20.2 Å². The molecule has 2 unspecified atom stereocenters. The Morgan fingerprint density at radius 3 is 1.67 bits per heavy atom. The molecule has 51 heavy (non-hydrogen) atoms. The second kappa shape index (κ2) is 14.8. The summed E-state index contributed by atoms with van der Waals surface area (Å²) in [6.07, 6.45) is 6.50. The van der Waals surface area contributed by atoms with Crippen molar-refractivity contribution in [1.82, 2.24) is 50.5 Å². The van der Waals surface area contributed by atoms with Gasteiger partial charge in [0.1, 0.15) is 17.2 Å². The van der Waals surface area contributed by atoms with Crippen molar-refractivity contribution in [3.8, 4) is 23.2 Å². The van der Waals surface area contributed by atoms with Crippen LogP contribution in [0.25, 0.3) is 23.2 Å². The molecule has 2 fully saturated rings. The highest BCUT2D eigenvalue weighted by molar-refractivity contribution is 5.94. The maximum absolute atomic E-state index is 13.4.